The van der Waals surface area contributed by atoms with E-state index in [0.717, 1.165) is 75.5 Å². The Kier molecular flexibility index (Phi) is 43.3. The summed E-state index contributed by atoms with van der Waals surface area (Å²) < 4.78 is 16.8. The second-order valence-electron chi connectivity index (χ2n) is 19.4. The second kappa shape index (κ2) is 44.5. The molecule has 6 nitrogen and oxygen atoms in total. The highest BCUT2D eigenvalue weighted by Crippen LogP contribution is 2.18. The smallest absolute Gasteiger partial charge is 0.306 e. The van der Waals surface area contributed by atoms with Crippen molar-refractivity contribution in [3.05, 3.63) is 0 Å². The number of hydrogen-bond acceptors (Lipinski definition) is 6. The first-order valence-electron chi connectivity index (χ1n) is 26.1. The Balaban J connectivity index is 4.30. The summed E-state index contributed by atoms with van der Waals surface area (Å²) in [4.78, 5) is 37.9. The molecule has 0 spiro atoms. The number of carbonyl (C=O) groups excluding carboxylic acids is 3. The van der Waals surface area contributed by atoms with Crippen LogP contribution < -0.4 is 0 Å². The molecule has 0 N–H and O–H groups in total. The van der Waals surface area contributed by atoms with Crippen LogP contribution >= 0.6 is 0 Å². The summed E-state index contributed by atoms with van der Waals surface area (Å²) in [6, 6.07) is 0. The minimum absolute atomic E-state index is 0.0652. The summed E-state index contributed by atoms with van der Waals surface area (Å²) in [6.45, 7) is 13.7. The summed E-state index contributed by atoms with van der Waals surface area (Å²) >= 11 is 0. The molecule has 6 heteroatoms. The molecule has 0 aromatic rings. The summed E-state index contributed by atoms with van der Waals surface area (Å²) in [6.07, 6.45) is 43.8. The Hall–Kier alpha value is -1.59. The van der Waals surface area contributed by atoms with Gasteiger partial charge in [0.1, 0.15) is 13.2 Å². The highest BCUT2D eigenvalue weighted by atomic mass is 16.6. The van der Waals surface area contributed by atoms with Crippen molar-refractivity contribution in [1.82, 2.24) is 0 Å². The minimum atomic E-state index is -0.763. The van der Waals surface area contributed by atoms with Gasteiger partial charge in [-0.25, -0.2) is 0 Å². The number of ether oxygens (including phenoxy) is 3. The fourth-order valence-electron chi connectivity index (χ4n) is 7.91. The maximum atomic E-state index is 12.8. The molecular formula is C53H102O6. The maximum Gasteiger partial charge on any atom is 0.306 e. The van der Waals surface area contributed by atoms with Crippen LogP contribution in [0, 0.1) is 17.8 Å². The SMILES string of the molecule is CCC(C)CCCCCCCCCCCCC(=O)OC[C@H](COC(=O)CCCCCCCCCC(C)C)OC(=O)CCCCCCCCCCCCCCCCC(C)C. The minimum Gasteiger partial charge on any atom is -0.462 e. The largest absolute Gasteiger partial charge is 0.462 e. The molecule has 0 saturated heterocycles. The van der Waals surface area contributed by atoms with E-state index in [1.54, 1.807) is 0 Å². The lowest BCUT2D eigenvalue weighted by molar-refractivity contribution is -0.167. The van der Waals surface area contributed by atoms with Crippen molar-refractivity contribution in [2.75, 3.05) is 13.2 Å². The molecule has 0 radical (unpaired) electrons. The molecular weight excluding hydrogens is 733 g/mol. The number of hydrogen-bond donors (Lipinski definition) is 0. The van der Waals surface area contributed by atoms with Gasteiger partial charge in [-0.05, 0) is 37.0 Å². The molecule has 0 aliphatic carbocycles. The maximum absolute atomic E-state index is 12.8. The molecule has 1 unspecified atom stereocenters. The predicted molar refractivity (Wildman–Crippen MR) is 252 cm³/mol. The summed E-state index contributed by atoms with van der Waals surface area (Å²) in [5, 5.41) is 0. The topological polar surface area (TPSA) is 78.9 Å². The molecule has 0 saturated carbocycles. The zero-order valence-corrected chi connectivity index (χ0v) is 40.5. The Morgan fingerprint density at radius 3 is 0.881 bits per heavy atom. The first-order chi connectivity index (χ1) is 28.6. The average Bonchev–Trinajstić information content (AvgIpc) is 3.20. The van der Waals surface area contributed by atoms with Gasteiger partial charge in [0.25, 0.3) is 0 Å². The number of esters is 3. The van der Waals surface area contributed by atoms with E-state index in [-0.39, 0.29) is 31.1 Å². The van der Waals surface area contributed by atoms with Gasteiger partial charge in [0.15, 0.2) is 6.10 Å². The van der Waals surface area contributed by atoms with Gasteiger partial charge in [0.2, 0.25) is 0 Å². The summed E-state index contributed by atoms with van der Waals surface area (Å²) in [7, 11) is 0. The van der Waals surface area contributed by atoms with Gasteiger partial charge < -0.3 is 14.2 Å². The molecule has 0 fully saturated rings. The monoisotopic (exact) mass is 835 g/mol. The zero-order chi connectivity index (χ0) is 43.4. The van der Waals surface area contributed by atoms with Crippen LogP contribution in [0.2, 0.25) is 0 Å². The van der Waals surface area contributed by atoms with E-state index in [1.165, 1.54) is 167 Å². The summed E-state index contributed by atoms with van der Waals surface area (Å²) in [5.41, 5.74) is 0. The molecule has 0 aromatic heterocycles. The lowest BCUT2D eigenvalue weighted by Gasteiger charge is -2.18. The van der Waals surface area contributed by atoms with E-state index in [1.807, 2.05) is 0 Å². The van der Waals surface area contributed by atoms with Gasteiger partial charge in [-0.15, -0.1) is 0 Å². The van der Waals surface area contributed by atoms with Crippen LogP contribution in [0.5, 0.6) is 0 Å². The van der Waals surface area contributed by atoms with Crippen molar-refractivity contribution in [1.29, 1.82) is 0 Å². The molecule has 0 amide bonds. The molecule has 2 atom stereocenters. The van der Waals surface area contributed by atoms with Crippen LogP contribution in [0.3, 0.4) is 0 Å². The molecule has 0 aliphatic rings. The zero-order valence-electron chi connectivity index (χ0n) is 40.5. The van der Waals surface area contributed by atoms with Crippen molar-refractivity contribution < 1.29 is 28.6 Å². The van der Waals surface area contributed by atoms with E-state index in [4.69, 9.17) is 14.2 Å². The molecule has 0 aromatic carbocycles. The van der Waals surface area contributed by atoms with E-state index in [2.05, 4.69) is 41.5 Å². The van der Waals surface area contributed by atoms with Gasteiger partial charge >= 0.3 is 17.9 Å². The number of unbranched alkanes of at least 4 members (excludes halogenated alkanes) is 28. The predicted octanol–water partition coefficient (Wildman–Crippen LogP) is 16.8. The van der Waals surface area contributed by atoms with Crippen molar-refractivity contribution in [2.24, 2.45) is 17.8 Å². The number of rotatable bonds is 46. The molecule has 350 valence electrons. The third-order valence-electron chi connectivity index (χ3n) is 12.3. The molecule has 0 heterocycles. The Morgan fingerprint density at radius 1 is 0.339 bits per heavy atom. The van der Waals surface area contributed by atoms with Crippen molar-refractivity contribution in [3.63, 3.8) is 0 Å². The Bertz CT molecular complexity index is 916. The summed E-state index contributed by atoms with van der Waals surface area (Å²) in [5.74, 6) is 1.64. The Labute approximate surface area is 368 Å². The molecule has 59 heavy (non-hydrogen) atoms. The van der Waals surface area contributed by atoms with Gasteiger partial charge in [-0.2, -0.15) is 0 Å². The third kappa shape index (κ3) is 45.8. The molecule has 0 bridgehead atoms. The number of carbonyl (C=O) groups is 3. The third-order valence-corrected chi connectivity index (χ3v) is 12.3. The first kappa shape index (κ1) is 57.4. The lowest BCUT2D eigenvalue weighted by Crippen LogP contribution is -2.30. The van der Waals surface area contributed by atoms with Crippen LogP contribution in [0.25, 0.3) is 0 Å². The van der Waals surface area contributed by atoms with Gasteiger partial charge in [-0.1, -0.05) is 247 Å². The molecule has 0 aliphatic heterocycles. The van der Waals surface area contributed by atoms with E-state index >= 15 is 0 Å². The quantitative estimate of drug-likeness (QED) is 0.0345. The average molecular weight is 835 g/mol. The fourth-order valence-corrected chi connectivity index (χ4v) is 7.91. The standard InChI is InChI=1S/C53H102O6/c1-7-49(6)41-35-29-23-17-14-15-18-24-30-36-42-51(54)57-45-50(46-58-52(55)43-37-31-26-20-22-28-34-40-48(4)5)59-53(56)44-38-32-25-19-13-11-9-8-10-12-16-21-27-33-39-47(2)3/h47-50H,7-46H2,1-6H3/t49?,50-/m1/s1. The van der Waals surface area contributed by atoms with Gasteiger partial charge in [0, 0.05) is 19.3 Å². The van der Waals surface area contributed by atoms with Crippen molar-refractivity contribution >= 4 is 17.9 Å². The second-order valence-corrected chi connectivity index (χ2v) is 19.4. The normalized spacial score (nSPS) is 12.6. The van der Waals surface area contributed by atoms with Crippen LogP contribution in [0.15, 0.2) is 0 Å². The highest BCUT2D eigenvalue weighted by Gasteiger charge is 2.19. The van der Waals surface area contributed by atoms with Gasteiger partial charge in [0.05, 0.1) is 0 Å². The van der Waals surface area contributed by atoms with E-state index < -0.39 is 6.10 Å². The van der Waals surface area contributed by atoms with E-state index in [9.17, 15) is 14.4 Å². The molecule has 0 rings (SSSR count). The van der Waals surface area contributed by atoms with Crippen LogP contribution in [0.1, 0.15) is 286 Å². The van der Waals surface area contributed by atoms with Gasteiger partial charge in [-0.3, -0.25) is 14.4 Å². The first-order valence-corrected chi connectivity index (χ1v) is 26.1. The Morgan fingerprint density at radius 2 is 0.593 bits per heavy atom. The van der Waals surface area contributed by atoms with Crippen molar-refractivity contribution in [3.8, 4) is 0 Å². The highest BCUT2D eigenvalue weighted by molar-refractivity contribution is 5.71. The lowest BCUT2D eigenvalue weighted by atomic mass is 9.99. The van der Waals surface area contributed by atoms with Crippen molar-refractivity contribution in [2.45, 2.75) is 292 Å². The van der Waals surface area contributed by atoms with Crippen LogP contribution in [0.4, 0.5) is 0 Å². The van der Waals surface area contributed by atoms with Crippen LogP contribution in [-0.2, 0) is 28.6 Å². The van der Waals surface area contributed by atoms with Crippen LogP contribution in [-0.4, -0.2) is 37.2 Å². The van der Waals surface area contributed by atoms with E-state index in [0.29, 0.717) is 19.3 Å². The fraction of sp³-hybridized carbons (Fsp3) is 0.943.